The standard InChI is InChI=1S/C25H29N3O3.ClH/c1-31-21-9-10-22-18(15-21)7-8-19(23(22)29)16-27-13-11-25(12-14-27)24(30)26-17-28(25)20-5-3-2-4-6-20;/h2-6,9-10,15,19H,7-8,11-14,16-17H2,1H3,(H,26,30);1H. The van der Waals surface area contributed by atoms with Gasteiger partial charge in [-0.25, -0.2) is 0 Å². The van der Waals surface area contributed by atoms with Gasteiger partial charge in [0.2, 0.25) is 5.91 Å². The van der Waals surface area contributed by atoms with Crippen molar-refractivity contribution in [2.24, 2.45) is 5.92 Å². The van der Waals surface area contributed by atoms with Crippen LogP contribution in [0.15, 0.2) is 48.5 Å². The lowest BCUT2D eigenvalue weighted by Gasteiger charge is -2.44. The zero-order valence-electron chi connectivity index (χ0n) is 18.4. The average Bonchev–Trinajstić information content (AvgIpc) is 3.13. The Kier molecular flexibility index (Phi) is 6.45. The molecule has 2 fully saturated rings. The second-order valence-corrected chi connectivity index (χ2v) is 8.88. The average molecular weight is 456 g/mol. The van der Waals surface area contributed by atoms with Gasteiger partial charge < -0.3 is 19.9 Å². The largest absolute Gasteiger partial charge is 0.497 e. The van der Waals surface area contributed by atoms with Crippen LogP contribution in [0, 0.1) is 5.92 Å². The van der Waals surface area contributed by atoms with E-state index in [0.717, 1.165) is 67.9 Å². The van der Waals surface area contributed by atoms with Gasteiger partial charge >= 0.3 is 0 Å². The Balaban J connectivity index is 0.00000245. The number of Topliss-reactive ketones (excluding diaryl/α,β-unsaturated/α-hetero) is 1. The topological polar surface area (TPSA) is 61.9 Å². The van der Waals surface area contributed by atoms with Crippen LogP contribution in [0.2, 0.25) is 0 Å². The number of hydrogen-bond acceptors (Lipinski definition) is 5. The molecule has 3 aliphatic rings. The van der Waals surface area contributed by atoms with Crippen LogP contribution in [0.25, 0.3) is 0 Å². The Morgan fingerprint density at radius 2 is 1.84 bits per heavy atom. The minimum absolute atomic E-state index is 0. The number of nitrogens with zero attached hydrogens (tertiary/aromatic N) is 2. The highest BCUT2D eigenvalue weighted by Gasteiger charge is 2.50. The quantitative estimate of drug-likeness (QED) is 0.766. The van der Waals surface area contributed by atoms with E-state index in [1.165, 1.54) is 0 Å². The van der Waals surface area contributed by atoms with Crippen molar-refractivity contribution in [3.63, 3.8) is 0 Å². The van der Waals surface area contributed by atoms with E-state index in [1.54, 1.807) is 7.11 Å². The van der Waals surface area contributed by atoms with E-state index < -0.39 is 5.54 Å². The number of rotatable bonds is 4. The predicted octanol–water partition coefficient (Wildman–Crippen LogP) is 3.29. The zero-order valence-corrected chi connectivity index (χ0v) is 19.2. The summed E-state index contributed by atoms with van der Waals surface area (Å²) in [6.07, 6.45) is 3.34. The third kappa shape index (κ3) is 3.86. The van der Waals surface area contributed by atoms with Gasteiger partial charge in [-0.1, -0.05) is 18.2 Å². The lowest BCUT2D eigenvalue weighted by molar-refractivity contribution is -0.125. The molecule has 2 heterocycles. The number of nitrogens with one attached hydrogen (secondary N) is 1. The number of carbonyl (C=O) groups excluding carboxylic acids is 2. The number of carbonyl (C=O) groups is 2. The summed E-state index contributed by atoms with van der Waals surface area (Å²) in [5, 5.41) is 3.06. The smallest absolute Gasteiger partial charge is 0.247 e. The molecule has 0 aromatic heterocycles. The van der Waals surface area contributed by atoms with Gasteiger partial charge in [0.1, 0.15) is 11.3 Å². The second-order valence-electron chi connectivity index (χ2n) is 8.88. The van der Waals surface area contributed by atoms with Crippen molar-refractivity contribution in [2.75, 3.05) is 38.3 Å². The highest BCUT2D eigenvalue weighted by molar-refractivity contribution is 6.00. The van der Waals surface area contributed by atoms with Gasteiger partial charge in [-0.15, -0.1) is 12.4 Å². The van der Waals surface area contributed by atoms with Crippen LogP contribution in [0.1, 0.15) is 35.2 Å². The summed E-state index contributed by atoms with van der Waals surface area (Å²) in [6.45, 7) is 2.99. The van der Waals surface area contributed by atoms with Gasteiger partial charge in [0, 0.05) is 36.8 Å². The molecule has 1 atom stereocenters. The third-order valence-corrected chi connectivity index (χ3v) is 7.28. The molecule has 0 radical (unpaired) electrons. The second kappa shape index (κ2) is 9.12. The first-order valence-electron chi connectivity index (χ1n) is 11.2. The fourth-order valence-electron chi connectivity index (χ4n) is 5.45. The number of likely N-dealkylation sites (tertiary alicyclic amines) is 1. The molecular weight excluding hydrogens is 426 g/mol. The van der Waals surface area contributed by atoms with Crippen molar-refractivity contribution < 1.29 is 14.3 Å². The molecule has 32 heavy (non-hydrogen) atoms. The van der Waals surface area contributed by atoms with Gasteiger partial charge in [0.05, 0.1) is 13.8 Å². The van der Waals surface area contributed by atoms with Crippen LogP contribution in [-0.4, -0.2) is 55.5 Å². The summed E-state index contributed by atoms with van der Waals surface area (Å²) in [7, 11) is 1.65. The van der Waals surface area contributed by atoms with E-state index in [2.05, 4.69) is 27.2 Å². The van der Waals surface area contributed by atoms with Crippen molar-refractivity contribution in [2.45, 2.75) is 31.2 Å². The lowest BCUT2D eigenvalue weighted by Crippen LogP contribution is -2.57. The third-order valence-electron chi connectivity index (χ3n) is 7.28. The van der Waals surface area contributed by atoms with E-state index in [9.17, 15) is 9.59 Å². The number of anilines is 1. The molecule has 0 saturated carbocycles. The molecule has 7 heteroatoms. The maximum Gasteiger partial charge on any atom is 0.247 e. The van der Waals surface area contributed by atoms with E-state index in [1.807, 2.05) is 36.4 Å². The predicted molar refractivity (Wildman–Crippen MR) is 127 cm³/mol. The van der Waals surface area contributed by atoms with Crippen LogP contribution >= 0.6 is 12.4 Å². The van der Waals surface area contributed by atoms with Crippen molar-refractivity contribution in [1.29, 1.82) is 0 Å². The van der Waals surface area contributed by atoms with Gasteiger partial charge in [-0.3, -0.25) is 9.59 Å². The van der Waals surface area contributed by atoms with Crippen LogP contribution in [0.4, 0.5) is 5.69 Å². The van der Waals surface area contributed by atoms with Crippen molar-refractivity contribution in [3.8, 4) is 5.75 Å². The maximum absolute atomic E-state index is 13.1. The first kappa shape index (κ1) is 22.6. The molecule has 2 saturated heterocycles. The Bertz CT molecular complexity index is 989. The van der Waals surface area contributed by atoms with E-state index in [0.29, 0.717) is 6.67 Å². The number of piperidine rings is 1. The minimum Gasteiger partial charge on any atom is -0.497 e. The fraction of sp³-hybridized carbons (Fsp3) is 0.440. The lowest BCUT2D eigenvalue weighted by atomic mass is 9.81. The van der Waals surface area contributed by atoms with Crippen LogP contribution in [-0.2, 0) is 11.2 Å². The number of ether oxygens (including phenoxy) is 1. The first-order valence-corrected chi connectivity index (χ1v) is 11.2. The molecule has 1 spiro atoms. The number of methoxy groups -OCH3 is 1. The van der Waals surface area contributed by atoms with Crippen molar-refractivity contribution in [1.82, 2.24) is 10.2 Å². The van der Waals surface area contributed by atoms with Gasteiger partial charge in [0.25, 0.3) is 0 Å². The SMILES string of the molecule is COc1ccc2c(c1)CCC(CN1CCC3(CC1)C(=O)NCN3c1ccccc1)C2=O.Cl. The van der Waals surface area contributed by atoms with Crippen LogP contribution in [0.3, 0.4) is 0 Å². The minimum atomic E-state index is -0.475. The zero-order chi connectivity index (χ0) is 21.4. The number of fused-ring (bicyclic) bond motifs is 1. The molecule has 2 aromatic rings. The van der Waals surface area contributed by atoms with Gasteiger partial charge in [-0.2, -0.15) is 0 Å². The first-order chi connectivity index (χ1) is 15.1. The van der Waals surface area contributed by atoms with Gasteiger partial charge in [-0.05, 0) is 61.6 Å². The van der Waals surface area contributed by atoms with Crippen molar-refractivity contribution >= 4 is 29.8 Å². The van der Waals surface area contributed by atoms with Crippen LogP contribution < -0.4 is 15.0 Å². The molecule has 1 aliphatic carbocycles. The summed E-state index contributed by atoms with van der Waals surface area (Å²) >= 11 is 0. The molecule has 0 bridgehead atoms. The van der Waals surface area contributed by atoms with E-state index in [-0.39, 0.29) is 30.0 Å². The molecule has 2 aromatic carbocycles. The monoisotopic (exact) mass is 455 g/mol. The van der Waals surface area contributed by atoms with E-state index in [4.69, 9.17) is 4.74 Å². The molecule has 5 rings (SSSR count). The maximum atomic E-state index is 13.1. The summed E-state index contributed by atoms with van der Waals surface area (Å²) < 4.78 is 5.30. The van der Waals surface area contributed by atoms with E-state index >= 15 is 0 Å². The highest BCUT2D eigenvalue weighted by atomic mass is 35.5. The number of aryl methyl sites for hydroxylation is 1. The number of benzene rings is 2. The number of hydrogen-bond donors (Lipinski definition) is 1. The Labute approximate surface area is 195 Å². The number of halogens is 1. The molecule has 6 nitrogen and oxygen atoms in total. The van der Waals surface area contributed by atoms with Crippen molar-refractivity contribution in [3.05, 3.63) is 59.7 Å². The fourth-order valence-corrected chi connectivity index (χ4v) is 5.45. The molecule has 1 N–H and O–H groups in total. The number of amides is 1. The number of para-hydroxylation sites is 1. The molecule has 2 aliphatic heterocycles. The molecule has 1 unspecified atom stereocenters. The summed E-state index contributed by atoms with van der Waals surface area (Å²) in [5.41, 5.74) is 2.55. The highest BCUT2D eigenvalue weighted by Crippen LogP contribution is 2.37. The molecule has 1 amide bonds. The Morgan fingerprint density at radius 1 is 1.09 bits per heavy atom. The van der Waals surface area contributed by atoms with Crippen LogP contribution in [0.5, 0.6) is 5.75 Å². The Morgan fingerprint density at radius 3 is 2.56 bits per heavy atom. The molecular formula is C25H30ClN3O3. The molecule has 170 valence electrons. The number of ketones is 1. The summed E-state index contributed by atoms with van der Waals surface area (Å²) in [6, 6.07) is 16.0. The normalized spacial score (nSPS) is 22.3. The summed E-state index contributed by atoms with van der Waals surface area (Å²) in [5.74, 6) is 1.21. The van der Waals surface area contributed by atoms with Gasteiger partial charge in [0.15, 0.2) is 5.78 Å². The summed E-state index contributed by atoms with van der Waals surface area (Å²) in [4.78, 5) is 30.5. The Hall–Kier alpha value is -2.57.